The van der Waals surface area contributed by atoms with Crippen molar-refractivity contribution in [2.24, 2.45) is 0 Å². The van der Waals surface area contributed by atoms with Crippen LogP contribution in [-0.4, -0.2) is 26.8 Å². The van der Waals surface area contributed by atoms with E-state index in [0.717, 1.165) is 5.56 Å². The van der Waals surface area contributed by atoms with Gasteiger partial charge < -0.3 is 15.3 Å². The fourth-order valence-electron chi connectivity index (χ4n) is 1.24. The molecule has 0 fully saturated rings. The van der Waals surface area contributed by atoms with Gasteiger partial charge in [0, 0.05) is 5.33 Å². The predicted molar refractivity (Wildman–Crippen MR) is 57.6 cm³/mol. The van der Waals surface area contributed by atoms with Crippen molar-refractivity contribution in [3.63, 3.8) is 0 Å². The Morgan fingerprint density at radius 1 is 1.36 bits per heavy atom. The zero-order valence-corrected chi connectivity index (χ0v) is 9.40. The predicted octanol–water partition coefficient (Wildman–Crippen LogP) is 1.49. The summed E-state index contributed by atoms with van der Waals surface area (Å²) in [6.45, 7) is 1.82. The van der Waals surface area contributed by atoms with E-state index in [4.69, 9.17) is 0 Å². The highest BCUT2D eigenvalue weighted by Crippen LogP contribution is 2.25. The second-order valence-electron chi connectivity index (χ2n) is 3.21. The molecule has 0 saturated carbocycles. The third-order valence-electron chi connectivity index (χ3n) is 2.10. The second kappa shape index (κ2) is 4.77. The molecular weight excluding hydrogens is 248 g/mol. The minimum Gasteiger partial charge on any atom is -0.508 e. The summed E-state index contributed by atoms with van der Waals surface area (Å²) in [5.41, 5.74) is 1.40. The van der Waals surface area contributed by atoms with E-state index >= 15 is 0 Å². The van der Waals surface area contributed by atoms with Crippen LogP contribution in [0.25, 0.3) is 0 Å². The average molecular weight is 261 g/mol. The molecule has 0 bridgehead atoms. The highest BCUT2D eigenvalue weighted by atomic mass is 79.9. The molecule has 78 valence electrons. The van der Waals surface area contributed by atoms with Crippen molar-refractivity contribution in [1.82, 2.24) is 0 Å². The van der Waals surface area contributed by atoms with Gasteiger partial charge in [-0.25, -0.2) is 0 Å². The summed E-state index contributed by atoms with van der Waals surface area (Å²) in [5.74, 6) is 0.0893. The largest absolute Gasteiger partial charge is 0.508 e. The number of halogens is 1. The lowest BCUT2D eigenvalue weighted by Gasteiger charge is -2.18. The Labute approximate surface area is 91.1 Å². The van der Waals surface area contributed by atoms with Crippen LogP contribution in [0.3, 0.4) is 0 Å². The Balaban J connectivity index is 2.99. The summed E-state index contributed by atoms with van der Waals surface area (Å²) < 4.78 is 0. The van der Waals surface area contributed by atoms with Gasteiger partial charge in [0.15, 0.2) is 0 Å². The van der Waals surface area contributed by atoms with Crippen LogP contribution in [-0.2, 0) is 0 Å². The number of alkyl halides is 1. The van der Waals surface area contributed by atoms with Crippen molar-refractivity contribution in [3.8, 4) is 5.75 Å². The minimum atomic E-state index is -0.971. The summed E-state index contributed by atoms with van der Waals surface area (Å²) in [4.78, 5) is 0. The van der Waals surface area contributed by atoms with Crippen molar-refractivity contribution in [2.75, 3.05) is 5.33 Å². The molecule has 0 aliphatic carbocycles. The third-order valence-corrected chi connectivity index (χ3v) is 2.77. The van der Waals surface area contributed by atoms with Crippen molar-refractivity contribution < 1.29 is 15.3 Å². The number of aliphatic hydroxyl groups is 2. The first-order valence-corrected chi connectivity index (χ1v) is 5.40. The molecule has 1 aromatic carbocycles. The van der Waals surface area contributed by atoms with Crippen LogP contribution < -0.4 is 0 Å². The molecule has 2 unspecified atom stereocenters. The lowest BCUT2D eigenvalue weighted by atomic mass is 10.00. The molecule has 2 atom stereocenters. The maximum absolute atomic E-state index is 9.70. The molecule has 1 aromatic rings. The third kappa shape index (κ3) is 2.47. The molecule has 0 heterocycles. The normalized spacial score (nSPS) is 15.1. The Kier molecular flexibility index (Phi) is 3.92. The van der Waals surface area contributed by atoms with Gasteiger partial charge in [0.25, 0.3) is 0 Å². The number of aliphatic hydroxyl groups excluding tert-OH is 2. The fourth-order valence-corrected chi connectivity index (χ4v) is 1.59. The van der Waals surface area contributed by atoms with E-state index in [-0.39, 0.29) is 5.75 Å². The first-order valence-electron chi connectivity index (χ1n) is 4.28. The standard InChI is InChI=1S/C10H13BrO3/c1-6-2-3-7(12)4-8(6)10(14)9(13)5-11/h2-4,9-10,12-14H,5H2,1H3. The first kappa shape index (κ1) is 11.5. The highest BCUT2D eigenvalue weighted by molar-refractivity contribution is 9.09. The molecule has 0 aliphatic rings. The number of rotatable bonds is 3. The Morgan fingerprint density at radius 3 is 2.57 bits per heavy atom. The number of phenols is 1. The number of hydrogen-bond acceptors (Lipinski definition) is 3. The quantitative estimate of drug-likeness (QED) is 0.722. The maximum Gasteiger partial charge on any atom is 0.115 e. The Morgan fingerprint density at radius 2 is 2.00 bits per heavy atom. The van der Waals surface area contributed by atoms with Gasteiger partial charge >= 0.3 is 0 Å². The van der Waals surface area contributed by atoms with Gasteiger partial charge in [0.05, 0.1) is 6.10 Å². The number of benzene rings is 1. The van der Waals surface area contributed by atoms with Gasteiger partial charge in [-0.05, 0) is 30.2 Å². The Hall–Kier alpha value is -0.580. The highest BCUT2D eigenvalue weighted by Gasteiger charge is 2.19. The van der Waals surface area contributed by atoms with Gasteiger partial charge in [0.2, 0.25) is 0 Å². The van der Waals surface area contributed by atoms with E-state index in [9.17, 15) is 15.3 Å². The van der Waals surface area contributed by atoms with Crippen LogP contribution in [0.5, 0.6) is 5.75 Å². The van der Waals surface area contributed by atoms with Gasteiger partial charge in [-0.15, -0.1) is 0 Å². The van der Waals surface area contributed by atoms with Crippen LogP contribution in [0.4, 0.5) is 0 Å². The first-order chi connectivity index (χ1) is 6.56. The molecule has 0 spiro atoms. The van der Waals surface area contributed by atoms with Crippen molar-refractivity contribution in [3.05, 3.63) is 29.3 Å². The Bertz CT molecular complexity index is 314. The summed E-state index contributed by atoms with van der Waals surface area (Å²) in [7, 11) is 0. The lowest BCUT2D eigenvalue weighted by molar-refractivity contribution is 0.0337. The molecule has 0 radical (unpaired) electrons. The average Bonchev–Trinajstić information content (AvgIpc) is 2.19. The van der Waals surface area contributed by atoms with Crippen LogP contribution in [0.15, 0.2) is 18.2 Å². The van der Waals surface area contributed by atoms with E-state index in [1.165, 1.54) is 6.07 Å². The number of hydrogen-bond donors (Lipinski definition) is 3. The maximum atomic E-state index is 9.70. The molecule has 14 heavy (non-hydrogen) atoms. The van der Waals surface area contributed by atoms with E-state index in [1.807, 2.05) is 6.92 Å². The van der Waals surface area contributed by atoms with Crippen LogP contribution in [0.2, 0.25) is 0 Å². The van der Waals surface area contributed by atoms with Crippen LogP contribution in [0.1, 0.15) is 17.2 Å². The molecule has 4 heteroatoms. The molecular formula is C10H13BrO3. The molecule has 0 aromatic heterocycles. The van der Waals surface area contributed by atoms with Gasteiger partial charge in [-0.3, -0.25) is 0 Å². The van der Waals surface area contributed by atoms with E-state index in [1.54, 1.807) is 12.1 Å². The number of aryl methyl sites for hydroxylation is 1. The van der Waals surface area contributed by atoms with Gasteiger partial charge in [-0.1, -0.05) is 22.0 Å². The molecule has 0 saturated heterocycles. The number of phenolic OH excluding ortho intramolecular Hbond substituents is 1. The van der Waals surface area contributed by atoms with E-state index < -0.39 is 12.2 Å². The summed E-state index contributed by atoms with van der Waals surface area (Å²) in [5, 5.41) is 28.7. The molecule has 3 N–H and O–H groups in total. The zero-order chi connectivity index (χ0) is 10.7. The summed E-state index contributed by atoms with van der Waals surface area (Å²) in [6.07, 6.45) is -1.84. The minimum absolute atomic E-state index is 0.0893. The smallest absolute Gasteiger partial charge is 0.115 e. The topological polar surface area (TPSA) is 60.7 Å². The van der Waals surface area contributed by atoms with E-state index in [0.29, 0.717) is 10.9 Å². The second-order valence-corrected chi connectivity index (χ2v) is 3.85. The van der Waals surface area contributed by atoms with Gasteiger partial charge in [0.1, 0.15) is 11.9 Å². The molecule has 1 rings (SSSR count). The summed E-state index contributed by atoms with van der Waals surface area (Å²) in [6, 6.07) is 4.72. The number of aromatic hydroxyl groups is 1. The molecule has 0 aliphatic heterocycles. The SMILES string of the molecule is Cc1ccc(O)cc1C(O)C(O)CBr. The lowest BCUT2D eigenvalue weighted by Crippen LogP contribution is -2.20. The van der Waals surface area contributed by atoms with Crippen molar-refractivity contribution in [2.45, 2.75) is 19.1 Å². The fraction of sp³-hybridized carbons (Fsp3) is 0.400. The zero-order valence-electron chi connectivity index (χ0n) is 7.81. The molecule has 0 amide bonds. The van der Waals surface area contributed by atoms with Crippen LogP contribution in [0, 0.1) is 6.92 Å². The monoisotopic (exact) mass is 260 g/mol. The van der Waals surface area contributed by atoms with Crippen molar-refractivity contribution >= 4 is 15.9 Å². The summed E-state index contributed by atoms with van der Waals surface area (Å²) >= 11 is 3.08. The van der Waals surface area contributed by atoms with E-state index in [2.05, 4.69) is 15.9 Å². The van der Waals surface area contributed by atoms with Crippen molar-refractivity contribution in [1.29, 1.82) is 0 Å². The van der Waals surface area contributed by atoms with Crippen LogP contribution >= 0.6 is 15.9 Å². The molecule has 3 nitrogen and oxygen atoms in total. The van der Waals surface area contributed by atoms with Gasteiger partial charge in [-0.2, -0.15) is 0 Å².